The summed E-state index contributed by atoms with van der Waals surface area (Å²) in [6.07, 6.45) is 4.03. The second-order valence-corrected chi connectivity index (χ2v) is 7.37. The van der Waals surface area contributed by atoms with Crippen LogP contribution in [0.15, 0.2) is 24.3 Å². The third-order valence-electron chi connectivity index (χ3n) is 4.42. The van der Waals surface area contributed by atoms with Crippen LogP contribution >= 0.6 is 11.3 Å². The Hall–Kier alpha value is -2.54. The van der Waals surface area contributed by atoms with Crippen molar-refractivity contribution in [2.75, 3.05) is 25.6 Å². The van der Waals surface area contributed by atoms with E-state index in [0.717, 1.165) is 31.2 Å². The van der Waals surface area contributed by atoms with Crippen molar-refractivity contribution in [1.82, 2.24) is 5.32 Å². The van der Waals surface area contributed by atoms with Crippen LogP contribution in [-0.2, 0) is 17.6 Å². The zero-order chi connectivity index (χ0) is 19.2. The quantitative estimate of drug-likeness (QED) is 0.762. The number of hydrogen-bond donors (Lipinski definition) is 2. The number of para-hydroxylation sites is 2. The Morgan fingerprint density at radius 2 is 1.89 bits per heavy atom. The molecule has 7 heteroatoms. The summed E-state index contributed by atoms with van der Waals surface area (Å²) in [6.45, 7) is 2.28. The van der Waals surface area contributed by atoms with Crippen molar-refractivity contribution in [3.05, 3.63) is 40.3 Å². The molecule has 0 atom stereocenters. The average molecular weight is 388 g/mol. The van der Waals surface area contributed by atoms with Crippen LogP contribution in [0.5, 0.6) is 11.5 Å². The molecule has 0 saturated carbocycles. The topological polar surface area (TPSA) is 76.7 Å². The van der Waals surface area contributed by atoms with Crippen LogP contribution in [0.3, 0.4) is 0 Å². The molecule has 0 unspecified atom stereocenters. The van der Waals surface area contributed by atoms with Crippen molar-refractivity contribution >= 4 is 28.2 Å². The number of benzene rings is 1. The van der Waals surface area contributed by atoms with Crippen LogP contribution in [0.4, 0.5) is 5.00 Å². The van der Waals surface area contributed by atoms with Crippen LogP contribution in [0.2, 0.25) is 0 Å². The van der Waals surface area contributed by atoms with E-state index in [4.69, 9.17) is 9.47 Å². The number of fused-ring (bicyclic) bond motifs is 1. The molecule has 2 amide bonds. The second kappa shape index (κ2) is 8.90. The van der Waals surface area contributed by atoms with E-state index in [2.05, 4.69) is 10.6 Å². The number of aryl methyl sites for hydroxylation is 1. The summed E-state index contributed by atoms with van der Waals surface area (Å²) >= 11 is 1.50. The maximum atomic E-state index is 12.5. The standard InChI is InChI=1S/C20H24N2O4S/c1-3-21-19(24)18-13-8-4-7-11-16(13)27-20(18)22-17(23)12-26-15-10-6-5-9-14(15)25-2/h5-6,9-10H,3-4,7-8,11-12H2,1-2H3,(H,21,24)(H,22,23). The minimum absolute atomic E-state index is 0.127. The number of carbonyl (C=O) groups is 2. The Labute approximate surface area is 162 Å². The summed E-state index contributed by atoms with van der Waals surface area (Å²) in [5, 5.41) is 6.33. The molecule has 1 aliphatic carbocycles. The fourth-order valence-corrected chi connectivity index (χ4v) is 4.49. The number of amides is 2. The highest BCUT2D eigenvalue weighted by Gasteiger charge is 2.26. The first-order chi connectivity index (χ1) is 13.1. The van der Waals surface area contributed by atoms with Crippen molar-refractivity contribution in [3.8, 4) is 11.5 Å². The zero-order valence-electron chi connectivity index (χ0n) is 15.6. The molecule has 0 saturated heterocycles. The van der Waals surface area contributed by atoms with E-state index in [1.54, 1.807) is 19.2 Å². The van der Waals surface area contributed by atoms with E-state index < -0.39 is 0 Å². The van der Waals surface area contributed by atoms with Gasteiger partial charge in [0.2, 0.25) is 0 Å². The van der Waals surface area contributed by atoms with Crippen LogP contribution in [-0.4, -0.2) is 32.1 Å². The fraction of sp³-hybridized carbons (Fsp3) is 0.400. The molecular weight excluding hydrogens is 364 g/mol. The molecule has 1 aromatic carbocycles. The minimum atomic E-state index is -0.301. The van der Waals surface area contributed by atoms with Gasteiger partial charge in [0.1, 0.15) is 5.00 Å². The molecule has 144 valence electrons. The summed E-state index contributed by atoms with van der Waals surface area (Å²) in [5.74, 6) is 0.646. The van der Waals surface area contributed by atoms with Crippen LogP contribution in [0, 0.1) is 0 Å². The average Bonchev–Trinajstić information content (AvgIpc) is 3.04. The molecule has 27 heavy (non-hydrogen) atoms. The first-order valence-electron chi connectivity index (χ1n) is 9.12. The number of ether oxygens (including phenoxy) is 2. The maximum absolute atomic E-state index is 12.5. The van der Waals surface area contributed by atoms with Crippen molar-refractivity contribution in [3.63, 3.8) is 0 Å². The Balaban J connectivity index is 1.73. The maximum Gasteiger partial charge on any atom is 0.262 e. The molecule has 1 heterocycles. The van der Waals surface area contributed by atoms with E-state index in [1.165, 1.54) is 16.2 Å². The highest BCUT2D eigenvalue weighted by molar-refractivity contribution is 7.17. The first-order valence-corrected chi connectivity index (χ1v) is 9.94. The lowest BCUT2D eigenvalue weighted by Crippen LogP contribution is -2.26. The molecule has 0 fully saturated rings. The molecule has 1 aromatic heterocycles. The Morgan fingerprint density at radius 1 is 1.15 bits per heavy atom. The van der Waals surface area contributed by atoms with Gasteiger partial charge in [0.05, 0.1) is 12.7 Å². The van der Waals surface area contributed by atoms with Gasteiger partial charge in [-0.2, -0.15) is 0 Å². The van der Waals surface area contributed by atoms with E-state index >= 15 is 0 Å². The molecular formula is C20H24N2O4S. The lowest BCUT2D eigenvalue weighted by Gasteiger charge is -2.13. The van der Waals surface area contributed by atoms with Gasteiger partial charge in [-0.05, 0) is 50.3 Å². The third-order valence-corrected chi connectivity index (χ3v) is 5.62. The van der Waals surface area contributed by atoms with Crippen molar-refractivity contribution in [2.24, 2.45) is 0 Å². The molecule has 6 nitrogen and oxygen atoms in total. The smallest absolute Gasteiger partial charge is 0.262 e. The Bertz CT molecular complexity index is 831. The molecule has 2 aromatic rings. The van der Waals surface area contributed by atoms with Crippen molar-refractivity contribution in [2.45, 2.75) is 32.6 Å². The lowest BCUT2D eigenvalue weighted by molar-refractivity contribution is -0.118. The summed E-state index contributed by atoms with van der Waals surface area (Å²) < 4.78 is 10.8. The minimum Gasteiger partial charge on any atom is -0.493 e. The van der Waals surface area contributed by atoms with E-state index in [1.807, 2.05) is 19.1 Å². The van der Waals surface area contributed by atoms with Crippen molar-refractivity contribution in [1.29, 1.82) is 0 Å². The number of rotatable bonds is 7. The number of hydrogen-bond acceptors (Lipinski definition) is 5. The predicted octanol–water partition coefficient (Wildman–Crippen LogP) is 3.40. The number of thiophene rings is 1. The highest BCUT2D eigenvalue weighted by atomic mass is 32.1. The molecule has 0 bridgehead atoms. The number of nitrogens with one attached hydrogen (secondary N) is 2. The number of carbonyl (C=O) groups excluding carboxylic acids is 2. The van der Waals surface area contributed by atoms with E-state index in [-0.39, 0.29) is 18.4 Å². The van der Waals surface area contributed by atoms with Gasteiger partial charge >= 0.3 is 0 Å². The molecule has 0 spiro atoms. The van der Waals surface area contributed by atoms with Gasteiger partial charge < -0.3 is 20.1 Å². The zero-order valence-corrected chi connectivity index (χ0v) is 16.4. The molecule has 2 N–H and O–H groups in total. The highest BCUT2D eigenvalue weighted by Crippen LogP contribution is 2.38. The van der Waals surface area contributed by atoms with E-state index in [0.29, 0.717) is 28.6 Å². The SMILES string of the molecule is CCNC(=O)c1c(NC(=O)COc2ccccc2OC)sc2c1CCCC2. The predicted molar refractivity (Wildman–Crippen MR) is 106 cm³/mol. The summed E-state index contributed by atoms with van der Waals surface area (Å²) in [4.78, 5) is 26.2. The van der Waals surface area contributed by atoms with Gasteiger partial charge in [-0.3, -0.25) is 9.59 Å². The van der Waals surface area contributed by atoms with E-state index in [9.17, 15) is 9.59 Å². The van der Waals surface area contributed by atoms with Crippen LogP contribution in [0.1, 0.15) is 40.6 Å². The van der Waals surface area contributed by atoms with Gasteiger partial charge in [-0.25, -0.2) is 0 Å². The monoisotopic (exact) mass is 388 g/mol. The van der Waals surface area contributed by atoms with Gasteiger partial charge in [-0.1, -0.05) is 12.1 Å². The normalized spacial score (nSPS) is 12.8. The summed E-state index contributed by atoms with van der Waals surface area (Å²) in [5.41, 5.74) is 1.69. The number of methoxy groups -OCH3 is 1. The Kier molecular flexibility index (Phi) is 6.34. The largest absolute Gasteiger partial charge is 0.493 e. The first kappa shape index (κ1) is 19.2. The molecule has 0 radical (unpaired) electrons. The summed E-state index contributed by atoms with van der Waals surface area (Å²) in [6, 6.07) is 7.17. The second-order valence-electron chi connectivity index (χ2n) is 6.26. The van der Waals surface area contributed by atoms with Gasteiger partial charge in [0.25, 0.3) is 11.8 Å². The van der Waals surface area contributed by atoms with Gasteiger partial charge in [0.15, 0.2) is 18.1 Å². The molecule has 1 aliphatic rings. The third kappa shape index (κ3) is 4.42. The van der Waals surface area contributed by atoms with Crippen LogP contribution < -0.4 is 20.1 Å². The fourth-order valence-electron chi connectivity index (χ4n) is 3.19. The lowest BCUT2D eigenvalue weighted by atomic mass is 9.95. The van der Waals surface area contributed by atoms with Gasteiger partial charge in [-0.15, -0.1) is 11.3 Å². The van der Waals surface area contributed by atoms with Crippen molar-refractivity contribution < 1.29 is 19.1 Å². The number of anilines is 1. The molecule has 3 rings (SSSR count). The molecule has 0 aliphatic heterocycles. The van der Waals surface area contributed by atoms with Gasteiger partial charge in [0, 0.05) is 11.4 Å². The Morgan fingerprint density at radius 3 is 2.63 bits per heavy atom. The summed E-state index contributed by atoms with van der Waals surface area (Å²) in [7, 11) is 1.55. The van der Waals surface area contributed by atoms with Crippen LogP contribution in [0.25, 0.3) is 0 Å².